The van der Waals surface area contributed by atoms with Gasteiger partial charge in [0, 0.05) is 27.7 Å². The van der Waals surface area contributed by atoms with Crippen LogP contribution in [-0.4, -0.2) is 30.5 Å². The number of nitrogens with zero attached hydrogens (tertiary/aromatic N) is 2. The molecule has 1 atom stereocenters. The smallest absolute Gasteiger partial charge is 0.141 e. The molecule has 120 valence electrons. The second-order valence-corrected chi connectivity index (χ2v) is 7.25. The van der Waals surface area contributed by atoms with Crippen LogP contribution in [0, 0.1) is 5.82 Å². The second kappa shape index (κ2) is 6.77. The average Bonchev–Trinajstić information content (AvgIpc) is 2.91. The first-order chi connectivity index (χ1) is 11.1. The topological polar surface area (TPSA) is 16.1 Å². The Kier molecular flexibility index (Phi) is 4.74. The van der Waals surface area contributed by atoms with E-state index in [1.54, 1.807) is 6.07 Å². The van der Waals surface area contributed by atoms with Gasteiger partial charge in [-0.2, -0.15) is 0 Å². The average molecular weight is 328 g/mol. The molecule has 1 unspecified atom stereocenters. The van der Waals surface area contributed by atoms with Crippen LogP contribution in [0.25, 0.3) is 10.1 Å². The highest BCUT2D eigenvalue weighted by Crippen LogP contribution is 2.38. The molecule has 0 radical (unpaired) electrons. The van der Waals surface area contributed by atoms with Gasteiger partial charge in [0.15, 0.2) is 0 Å². The van der Waals surface area contributed by atoms with Gasteiger partial charge in [-0.25, -0.2) is 4.39 Å². The van der Waals surface area contributed by atoms with E-state index in [2.05, 4.69) is 55.2 Å². The third-order valence-electron chi connectivity index (χ3n) is 4.12. The second-order valence-electron chi connectivity index (χ2n) is 6.11. The van der Waals surface area contributed by atoms with Crippen molar-refractivity contribution in [1.29, 1.82) is 0 Å². The molecule has 23 heavy (non-hydrogen) atoms. The van der Waals surface area contributed by atoms with E-state index >= 15 is 0 Å². The van der Waals surface area contributed by atoms with Gasteiger partial charge in [-0.05, 0) is 49.7 Å². The number of rotatable bonds is 5. The third kappa shape index (κ3) is 3.43. The van der Waals surface area contributed by atoms with Crippen LogP contribution in [0.4, 0.5) is 4.39 Å². The zero-order valence-corrected chi connectivity index (χ0v) is 14.5. The van der Waals surface area contributed by atoms with Gasteiger partial charge in [-0.3, -0.25) is 4.98 Å². The highest BCUT2D eigenvalue weighted by atomic mass is 32.1. The van der Waals surface area contributed by atoms with Crippen LogP contribution in [0.15, 0.2) is 42.6 Å². The summed E-state index contributed by atoms with van der Waals surface area (Å²) >= 11 is 1.86. The zero-order valence-electron chi connectivity index (χ0n) is 13.7. The molecule has 2 aromatic heterocycles. The van der Waals surface area contributed by atoms with Gasteiger partial charge in [-0.1, -0.05) is 25.1 Å². The zero-order chi connectivity index (χ0) is 16.4. The fourth-order valence-corrected chi connectivity index (χ4v) is 4.18. The van der Waals surface area contributed by atoms with Crippen LogP contribution < -0.4 is 0 Å². The number of benzene rings is 1. The summed E-state index contributed by atoms with van der Waals surface area (Å²) in [5, 5.41) is 1.30. The molecule has 0 saturated heterocycles. The maximum atomic E-state index is 13.2. The molecule has 0 spiro atoms. The van der Waals surface area contributed by atoms with Crippen LogP contribution in [0.5, 0.6) is 0 Å². The van der Waals surface area contributed by atoms with E-state index in [-0.39, 0.29) is 11.7 Å². The van der Waals surface area contributed by atoms with Crippen LogP contribution >= 0.6 is 11.3 Å². The van der Waals surface area contributed by atoms with Gasteiger partial charge >= 0.3 is 0 Å². The summed E-state index contributed by atoms with van der Waals surface area (Å²) < 4.78 is 14.5. The summed E-state index contributed by atoms with van der Waals surface area (Å²) in [6.45, 7) is 3.18. The molecule has 0 amide bonds. The van der Waals surface area contributed by atoms with Crippen molar-refractivity contribution in [2.24, 2.45) is 0 Å². The number of aromatic nitrogens is 1. The number of likely N-dealkylation sites (N-methyl/N-ethyl adjacent to an activating group) is 1. The number of halogens is 1. The Morgan fingerprint density at radius 2 is 1.96 bits per heavy atom. The number of thiophene rings is 1. The SMILES string of the molecule is CC(c1ccc(F)cn1)c1c(CCN(C)C)sc2ccccc12. The summed E-state index contributed by atoms with van der Waals surface area (Å²) in [6.07, 6.45) is 2.33. The summed E-state index contributed by atoms with van der Waals surface area (Å²) in [4.78, 5) is 7.90. The van der Waals surface area contributed by atoms with Gasteiger partial charge in [0.1, 0.15) is 5.82 Å². The first-order valence-electron chi connectivity index (χ1n) is 7.82. The molecule has 3 aromatic rings. The third-order valence-corrected chi connectivity index (χ3v) is 5.37. The van der Waals surface area contributed by atoms with E-state index in [1.807, 2.05) is 11.3 Å². The molecule has 0 aliphatic rings. The van der Waals surface area contributed by atoms with E-state index in [4.69, 9.17) is 0 Å². The largest absolute Gasteiger partial charge is 0.309 e. The highest BCUT2D eigenvalue weighted by Gasteiger charge is 2.20. The van der Waals surface area contributed by atoms with Crippen molar-refractivity contribution < 1.29 is 4.39 Å². The molecule has 0 bridgehead atoms. The van der Waals surface area contributed by atoms with Crippen LogP contribution in [0.2, 0.25) is 0 Å². The molecule has 0 saturated carbocycles. The first kappa shape index (κ1) is 16.1. The quantitative estimate of drug-likeness (QED) is 0.675. The Hall–Kier alpha value is -1.78. The maximum absolute atomic E-state index is 13.2. The van der Waals surface area contributed by atoms with E-state index in [9.17, 15) is 4.39 Å². The number of fused-ring (bicyclic) bond motifs is 1. The van der Waals surface area contributed by atoms with Crippen molar-refractivity contribution in [2.75, 3.05) is 20.6 Å². The van der Waals surface area contributed by atoms with Crippen molar-refractivity contribution in [1.82, 2.24) is 9.88 Å². The summed E-state index contributed by atoms with van der Waals surface area (Å²) in [5.74, 6) is -0.132. The molecule has 3 rings (SSSR count). The van der Waals surface area contributed by atoms with Gasteiger partial charge in [0.2, 0.25) is 0 Å². The lowest BCUT2D eigenvalue weighted by Crippen LogP contribution is -2.15. The minimum absolute atomic E-state index is 0.156. The monoisotopic (exact) mass is 328 g/mol. The lowest BCUT2D eigenvalue weighted by molar-refractivity contribution is 0.414. The molecule has 4 heteroatoms. The van der Waals surface area contributed by atoms with Crippen LogP contribution in [0.3, 0.4) is 0 Å². The minimum atomic E-state index is -0.288. The normalized spacial score (nSPS) is 12.9. The lowest BCUT2D eigenvalue weighted by atomic mass is 9.93. The molecule has 0 aliphatic carbocycles. The van der Waals surface area contributed by atoms with E-state index in [0.29, 0.717) is 0 Å². The van der Waals surface area contributed by atoms with Crippen LogP contribution in [0.1, 0.15) is 29.0 Å². The Morgan fingerprint density at radius 3 is 2.65 bits per heavy atom. The predicted molar refractivity (Wildman–Crippen MR) is 95.8 cm³/mol. The summed E-state index contributed by atoms with van der Waals surface area (Å²) in [5.41, 5.74) is 2.26. The van der Waals surface area contributed by atoms with E-state index < -0.39 is 0 Å². The fourth-order valence-electron chi connectivity index (χ4n) is 2.89. The van der Waals surface area contributed by atoms with Crippen molar-refractivity contribution in [3.05, 3.63) is 64.5 Å². The number of hydrogen-bond acceptors (Lipinski definition) is 3. The Morgan fingerprint density at radius 1 is 1.17 bits per heavy atom. The number of hydrogen-bond donors (Lipinski definition) is 0. The summed E-state index contributed by atoms with van der Waals surface area (Å²) in [7, 11) is 4.19. The van der Waals surface area contributed by atoms with Gasteiger partial charge in [0.25, 0.3) is 0 Å². The van der Waals surface area contributed by atoms with Gasteiger partial charge < -0.3 is 4.90 Å². The maximum Gasteiger partial charge on any atom is 0.141 e. The minimum Gasteiger partial charge on any atom is -0.309 e. The standard InChI is InChI=1S/C19H21FN2S/c1-13(16-9-8-14(20)12-21-16)19-15-6-4-5-7-17(15)23-18(19)10-11-22(2)3/h4-9,12-13H,10-11H2,1-3H3. The number of pyridine rings is 1. The molecule has 1 aromatic carbocycles. The molecular formula is C19H21FN2S. The Labute approximate surface area is 140 Å². The van der Waals surface area contributed by atoms with E-state index in [0.717, 1.165) is 18.7 Å². The first-order valence-corrected chi connectivity index (χ1v) is 8.64. The van der Waals surface area contributed by atoms with Gasteiger partial charge in [0.05, 0.1) is 6.20 Å². The fraction of sp³-hybridized carbons (Fsp3) is 0.316. The molecule has 2 nitrogen and oxygen atoms in total. The van der Waals surface area contributed by atoms with Crippen molar-refractivity contribution in [3.63, 3.8) is 0 Å². The van der Waals surface area contributed by atoms with Crippen molar-refractivity contribution in [2.45, 2.75) is 19.3 Å². The molecule has 0 N–H and O–H groups in total. The van der Waals surface area contributed by atoms with E-state index in [1.165, 1.54) is 32.8 Å². The van der Waals surface area contributed by atoms with Crippen molar-refractivity contribution >= 4 is 21.4 Å². The molecule has 0 aliphatic heterocycles. The predicted octanol–water partition coefficient (Wildman–Crippen LogP) is 4.69. The highest BCUT2D eigenvalue weighted by molar-refractivity contribution is 7.19. The van der Waals surface area contributed by atoms with Crippen LogP contribution in [-0.2, 0) is 6.42 Å². The molecule has 2 heterocycles. The summed E-state index contributed by atoms with van der Waals surface area (Å²) in [6, 6.07) is 11.8. The van der Waals surface area contributed by atoms with Crippen molar-refractivity contribution in [3.8, 4) is 0 Å². The van der Waals surface area contributed by atoms with Gasteiger partial charge in [-0.15, -0.1) is 11.3 Å². The molecule has 0 fully saturated rings. The molecular weight excluding hydrogens is 307 g/mol. The Balaban J connectivity index is 2.06. The Bertz CT molecular complexity index is 793. The lowest BCUT2D eigenvalue weighted by Gasteiger charge is -2.15.